The highest BCUT2D eigenvalue weighted by Crippen LogP contribution is 2.50. The first-order chi connectivity index (χ1) is 30.5. The molecule has 1 aliphatic carbocycles. The summed E-state index contributed by atoms with van der Waals surface area (Å²) in [5.41, 5.74) is 14.3. The molecular weight excluding hydrogens is 761 g/mol. The predicted molar refractivity (Wildman–Crippen MR) is 250 cm³/mol. The summed E-state index contributed by atoms with van der Waals surface area (Å²) in [6.45, 7) is 4.60. The molecule has 0 aliphatic heterocycles. The molecular formula is C55H36N6O. The minimum absolute atomic E-state index is 0.145. The van der Waals surface area contributed by atoms with Crippen LogP contribution in [0.3, 0.4) is 0 Å². The van der Waals surface area contributed by atoms with E-state index in [-0.39, 0.29) is 5.41 Å². The summed E-state index contributed by atoms with van der Waals surface area (Å²) in [4.78, 5) is 20.8. The summed E-state index contributed by atoms with van der Waals surface area (Å²) in [6.07, 6.45) is 0. The smallest absolute Gasteiger partial charge is 0.238 e. The van der Waals surface area contributed by atoms with Crippen LogP contribution in [0.25, 0.3) is 112 Å². The van der Waals surface area contributed by atoms with E-state index in [4.69, 9.17) is 24.4 Å². The molecule has 0 atom stereocenters. The summed E-state index contributed by atoms with van der Waals surface area (Å²) in [7, 11) is 0. The van der Waals surface area contributed by atoms with Gasteiger partial charge in [0.1, 0.15) is 5.52 Å². The third kappa shape index (κ3) is 4.93. The lowest BCUT2D eigenvalue weighted by Crippen LogP contribution is -2.14. The fourth-order valence-electron chi connectivity index (χ4n) is 9.93. The van der Waals surface area contributed by atoms with Gasteiger partial charge in [0, 0.05) is 43.7 Å². The Bertz CT molecular complexity index is 3730. The lowest BCUT2D eigenvalue weighted by molar-refractivity contribution is 0.617. The molecule has 0 saturated heterocycles. The second-order valence-corrected chi connectivity index (χ2v) is 16.7. The Hall–Kier alpha value is -8.16. The molecule has 7 nitrogen and oxygen atoms in total. The topological polar surface area (TPSA) is 74.6 Å². The maximum Gasteiger partial charge on any atom is 0.238 e. The second-order valence-electron chi connectivity index (χ2n) is 16.7. The van der Waals surface area contributed by atoms with E-state index < -0.39 is 0 Å². The van der Waals surface area contributed by atoms with Gasteiger partial charge in [-0.15, -0.1) is 0 Å². The van der Waals surface area contributed by atoms with Crippen molar-refractivity contribution < 1.29 is 4.42 Å². The molecule has 0 N–H and O–H groups in total. The number of aromatic nitrogens is 6. The van der Waals surface area contributed by atoms with Gasteiger partial charge in [-0.3, -0.25) is 4.57 Å². The third-order valence-corrected chi connectivity index (χ3v) is 12.8. The highest BCUT2D eigenvalue weighted by atomic mass is 16.3. The van der Waals surface area contributed by atoms with Crippen LogP contribution in [0.15, 0.2) is 186 Å². The van der Waals surface area contributed by atoms with Gasteiger partial charge in [-0.2, -0.15) is 9.97 Å². The Labute approximate surface area is 356 Å². The van der Waals surface area contributed by atoms with Crippen molar-refractivity contribution in [3.8, 4) is 57.0 Å². The summed E-state index contributed by atoms with van der Waals surface area (Å²) in [5, 5.41) is 4.43. The van der Waals surface area contributed by atoms with Crippen LogP contribution in [-0.2, 0) is 5.41 Å². The monoisotopic (exact) mass is 796 g/mol. The highest BCUT2D eigenvalue weighted by molar-refractivity contribution is 6.24. The van der Waals surface area contributed by atoms with Gasteiger partial charge in [0.25, 0.3) is 0 Å². The van der Waals surface area contributed by atoms with Crippen molar-refractivity contribution in [1.82, 2.24) is 29.1 Å². The molecule has 8 aromatic carbocycles. The molecule has 0 spiro atoms. The summed E-state index contributed by atoms with van der Waals surface area (Å²) >= 11 is 0. The summed E-state index contributed by atoms with van der Waals surface area (Å²) < 4.78 is 11.5. The number of para-hydroxylation sites is 3. The minimum Gasteiger partial charge on any atom is -0.434 e. The molecule has 0 saturated carbocycles. The first-order valence-corrected chi connectivity index (χ1v) is 21.0. The average Bonchev–Trinajstić information content (AvgIpc) is 4.07. The number of oxazole rings is 1. The molecule has 7 heteroatoms. The van der Waals surface area contributed by atoms with E-state index in [0.717, 1.165) is 71.5 Å². The van der Waals surface area contributed by atoms with Crippen molar-refractivity contribution in [2.75, 3.05) is 0 Å². The van der Waals surface area contributed by atoms with Crippen LogP contribution in [-0.4, -0.2) is 29.1 Å². The summed E-state index contributed by atoms with van der Waals surface area (Å²) in [6, 6.07) is 63.5. The molecule has 0 amide bonds. The lowest BCUT2D eigenvalue weighted by atomic mass is 9.82. The normalized spacial score (nSPS) is 13.1. The minimum atomic E-state index is -0.145. The largest absolute Gasteiger partial charge is 0.434 e. The first kappa shape index (κ1) is 34.7. The molecule has 62 heavy (non-hydrogen) atoms. The van der Waals surface area contributed by atoms with Crippen LogP contribution in [0.4, 0.5) is 0 Å². The molecule has 12 aromatic rings. The van der Waals surface area contributed by atoms with Crippen molar-refractivity contribution in [2.24, 2.45) is 0 Å². The zero-order valence-corrected chi connectivity index (χ0v) is 33.9. The molecule has 4 aromatic heterocycles. The van der Waals surface area contributed by atoms with Crippen molar-refractivity contribution in [3.63, 3.8) is 0 Å². The quantitative estimate of drug-likeness (QED) is 0.173. The van der Waals surface area contributed by atoms with E-state index >= 15 is 0 Å². The van der Waals surface area contributed by atoms with E-state index in [0.29, 0.717) is 29.1 Å². The molecule has 13 rings (SSSR count). The molecule has 0 radical (unpaired) electrons. The molecule has 4 heterocycles. The van der Waals surface area contributed by atoms with E-state index in [2.05, 4.69) is 138 Å². The highest BCUT2D eigenvalue weighted by Gasteiger charge is 2.35. The molecule has 1 aliphatic rings. The number of hydrogen-bond acceptors (Lipinski definition) is 5. The number of rotatable bonds is 5. The van der Waals surface area contributed by atoms with Crippen LogP contribution in [0, 0.1) is 0 Å². The number of fused-ring (bicyclic) bond motifs is 11. The summed E-state index contributed by atoms with van der Waals surface area (Å²) in [5.74, 6) is 2.33. The maximum atomic E-state index is 6.96. The number of hydrogen-bond donors (Lipinski definition) is 0. The second kappa shape index (κ2) is 12.9. The van der Waals surface area contributed by atoms with Gasteiger partial charge in [0.15, 0.2) is 17.2 Å². The Morgan fingerprint density at radius 2 is 1.02 bits per heavy atom. The van der Waals surface area contributed by atoms with Gasteiger partial charge in [-0.1, -0.05) is 159 Å². The van der Waals surface area contributed by atoms with Crippen molar-refractivity contribution in [1.29, 1.82) is 0 Å². The third-order valence-electron chi connectivity index (χ3n) is 12.8. The van der Waals surface area contributed by atoms with E-state index in [1.807, 2.05) is 66.7 Å². The fourth-order valence-corrected chi connectivity index (χ4v) is 9.93. The first-order valence-electron chi connectivity index (χ1n) is 21.0. The van der Waals surface area contributed by atoms with Crippen LogP contribution >= 0.6 is 0 Å². The van der Waals surface area contributed by atoms with Crippen LogP contribution in [0.5, 0.6) is 0 Å². The predicted octanol–water partition coefficient (Wildman–Crippen LogP) is 13.5. The van der Waals surface area contributed by atoms with Crippen molar-refractivity contribution in [2.45, 2.75) is 19.3 Å². The van der Waals surface area contributed by atoms with Crippen LogP contribution in [0.2, 0.25) is 0 Å². The van der Waals surface area contributed by atoms with Gasteiger partial charge in [-0.25, -0.2) is 9.97 Å². The number of nitrogens with zero attached hydrogens (tertiary/aromatic N) is 6. The van der Waals surface area contributed by atoms with E-state index in [1.165, 1.54) is 22.3 Å². The van der Waals surface area contributed by atoms with Crippen LogP contribution < -0.4 is 0 Å². The van der Waals surface area contributed by atoms with Gasteiger partial charge in [0.2, 0.25) is 11.8 Å². The molecule has 292 valence electrons. The van der Waals surface area contributed by atoms with Gasteiger partial charge in [0.05, 0.1) is 27.8 Å². The molecule has 0 unspecified atom stereocenters. The SMILES string of the molecule is CC1(C)c2ccccc2-c2ccc(-c3nc4cccc(-n5c6ccccc6c6ccc7c8ccccc8n(-c8nc(-c9ccccc9)nc(-c9ccccc9)n8)c7c65)c4o3)cc21. The zero-order chi connectivity index (χ0) is 41.1. The van der Waals surface area contributed by atoms with Crippen molar-refractivity contribution in [3.05, 3.63) is 193 Å². The maximum absolute atomic E-state index is 6.96. The van der Waals surface area contributed by atoms with E-state index in [1.54, 1.807) is 0 Å². The Morgan fingerprint density at radius 3 is 1.71 bits per heavy atom. The van der Waals surface area contributed by atoms with Gasteiger partial charge >= 0.3 is 0 Å². The Morgan fingerprint density at radius 1 is 0.435 bits per heavy atom. The lowest BCUT2D eigenvalue weighted by Gasteiger charge is -2.21. The Balaban J connectivity index is 1.09. The molecule has 0 fully saturated rings. The standard InChI is InChI=1S/C55H36N6O/c1-55(2)42-23-12-9-20-36(42)37-29-28-35(32-43(37)55)53-56-44-24-15-27-47(50(44)62-53)60-45-25-13-10-21-38(45)40-30-31-41-39-22-11-14-26-46(39)61(49(41)48(40)60)54-58-51(33-16-5-3-6-17-33)57-52(59-54)34-18-7-4-8-19-34/h3-32H,1-2H3. The average molecular weight is 797 g/mol. The molecule has 0 bridgehead atoms. The van der Waals surface area contributed by atoms with E-state index in [9.17, 15) is 0 Å². The number of benzene rings is 8. The van der Waals surface area contributed by atoms with Gasteiger partial charge < -0.3 is 8.98 Å². The van der Waals surface area contributed by atoms with Crippen molar-refractivity contribution >= 4 is 54.7 Å². The van der Waals surface area contributed by atoms with Gasteiger partial charge in [-0.05, 0) is 58.7 Å². The zero-order valence-electron chi connectivity index (χ0n) is 33.9. The Kier molecular flexibility index (Phi) is 7.23. The fraction of sp³-hybridized carbons (Fsp3) is 0.0545. The van der Waals surface area contributed by atoms with Crippen LogP contribution in [0.1, 0.15) is 25.0 Å².